The van der Waals surface area contributed by atoms with E-state index in [0.29, 0.717) is 28.8 Å². The second-order valence-electron chi connectivity index (χ2n) is 6.44. The minimum Gasteiger partial charge on any atom is -0.484 e. The Morgan fingerprint density at radius 3 is 2.61 bits per heavy atom. The Morgan fingerprint density at radius 2 is 1.93 bits per heavy atom. The first-order valence-corrected chi connectivity index (χ1v) is 10.3. The minimum atomic E-state index is 0.121. The van der Waals surface area contributed by atoms with Crippen molar-refractivity contribution in [3.8, 4) is 5.75 Å². The smallest absolute Gasteiger partial charge is 0.148 e. The number of imidazole rings is 1. The number of ether oxygens (including phenoxy) is 1. The van der Waals surface area contributed by atoms with Crippen LogP contribution in [0.25, 0.3) is 11.0 Å². The van der Waals surface area contributed by atoms with Crippen LogP contribution in [0.2, 0.25) is 10.0 Å². The molecule has 0 aliphatic carbocycles. The minimum absolute atomic E-state index is 0.121. The summed E-state index contributed by atoms with van der Waals surface area (Å²) in [5.41, 5.74) is 3.13. The predicted molar refractivity (Wildman–Crippen MR) is 116 cm³/mol. The Labute approximate surface area is 175 Å². The fraction of sp³-hybridized carbons (Fsp3) is 0.381. The maximum atomic E-state index is 9.36. The summed E-state index contributed by atoms with van der Waals surface area (Å²) >= 11 is 12.2. The molecular weight excluding hydrogens is 397 g/mol. The van der Waals surface area contributed by atoms with Gasteiger partial charge in [0.05, 0.1) is 21.7 Å². The van der Waals surface area contributed by atoms with Crippen LogP contribution in [-0.4, -0.2) is 34.4 Å². The van der Waals surface area contributed by atoms with Gasteiger partial charge in [0.25, 0.3) is 0 Å². The molecule has 1 heterocycles. The van der Waals surface area contributed by atoms with Crippen molar-refractivity contribution >= 4 is 39.9 Å². The summed E-state index contributed by atoms with van der Waals surface area (Å²) in [5.74, 6) is 1.37. The van der Waals surface area contributed by atoms with Crippen LogP contribution in [0, 0.1) is 0 Å². The molecule has 0 atom stereocenters. The van der Waals surface area contributed by atoms with Gasteiger partial charge in [-0.2, -0.15) is 0 Å². The third-order valence-electron chi connectivity index (χ3n) is 4.72. The van der Waals surface area contributed by atoms with E-state index < -0.39 is 0 Å². The number of benzene rings is 2. The molecule has 3 rings (SSSR count). The number of hydrogen-bond donors (Lipinski definition) is 1. The molecule has 2 aromatic carbocycles. The summed E-state index contributed by atoms with van der Waals surface area (Å²) in [4.78, 5) is 7.11. The normalized spacial score (nSPS) is 11.2. The number of nitrogens with zero attached hydrogens (tertiary/aromatic N) is 3. The summed E-state index contributed by atoms with van der Waals surface area (Å²) < 4.78 is 8.07. The Bertz CT molecular complexity index is 939. The molecule has 0 radical (unpaired) electrons. The van der Waals surface area contributed by atoms with Gasteiger partial charge in [-0.15, -0.1) is 0 Å². The molecule has 0 amide bonds. The quantitative estimate of drug-likeness (QED) is 0.518. The third-order valence-corrected chi connectivity index (χ3v) is 5.25. The zero-order valence-corrected chi connectivity index (χ0v) is 17.7. The van der Waals surface area contributed by atoms with Crippen LogP contribution >= 0.6 is 23.2 Å². The Morgan fingerprint density at radius 1 is 1.14 bits per heavy atom. The van der Waals surface area contributed by atoms with E-state index in [2.05, 4.69) is 29.4 Å². The average Bonchev–Trinajstić information content (AvgIpc) is 3.04. The maximum absolute atomic E-state index is 9.36. The van der Waals surface area contributed by atoms with Crippen molar-refractivity contribution in [2.24, 2.45) is 0 Å². The van der Waals surface area contributed by atoms with Gasteiger partial charge in [-0.3, -0.25) is 0 Å². The zero-order valence-electron chi connectivity index (χ0n) is 16.2. The largest absolute Gasteiger partial charge is 0.484 e. The van der Waals surface area contributed by atoms with Gasteiger partial charge in [0.1, 0.15) is 18.2 Å². The molecule has 3 aromatic rings. The van der Waals surface area contributed by atoms with E-state index in [1.165, 1.54) is 0 Å². The molecule has 0 fully saturated rings. The highest BCUT2D eigenvalue weighted by atomic mass is 35.5. The van der Waals surface area contributed by atoms with Crippen LogP contribution in [0.3, 0.4) is 0 Å². The van der Waals surface area contributed by atoms with Crippen LogP contribution < -0.4 is 9.64 Å². The van der Waals surface area contributed by atoms with Crippen molar-refractivity contribution in [1.29, 1.82) is 0 Å². The Balaban J connectivity index is 2.00. The lowest BCUT2D eigenvalue weighted by Crippen LogP contribution is -2.22. The molecule has 0 unspecified atom stereocenters. The first-order valence-electron chi connectivity index (χ1n) is 9.50. The lowest BCUT2D eigenvalue weighted by Gasteiger charge is -2.23. The monoisotopic (exact) mass is 421 g/mol. The molecule has 0 saturated carbocycles. The van der Waals surface area contributed by atoms with Crippen LogP contribution in [0.4, 0.5) is 5.69 Å². The molecular formula is C21H25Cl2N3O2. The van der Waals surface area contributed by atoms with Gasteiger partial charge in [0, 0.05) is 31.3 Å². The zero-order chi connectivity index (χ0) is 20.1. The molecule has 5 nitrogen and oxygen atoms in total. The van der Waals surface area contributed by atoms with Crippen LogP contribution in [0.15, 0.2) is 36.4 Å². The van der Waals surface area contributed by atoms with Crippen molar-refractivity contribution in [2.45, 2.75) is 33.4 Å². The fourth-order valence-electron chi connectivity index (χ4n) is 3.35. The molecule has 0 spiro atoms. The number of aliphatic hydroxyl groups excluding tert-OH is 1. The summed E-state index contributed by atoms with van der Waals surface area (Å²) in [6.07, 6.45) is 0.646. The van der Waals surface area contributed by atoms with E-state index in [0.717, 1.165) is 35.6 Å². The van der Waals surface area contributed by atoms with Crippen molar-refractivity contribution in [2.75, 3.05) is 24.6 Å². The van der Waals surface area contributed by atoms with Gasteiger partial charge in [-0.1, -0.05) is 29.3 Å². The number of para-hydroxylation sites is 1. The van der Waals surface area contributed by atoms with Crippen LogP contribution in [0.5, 0.6) is 5.75 Å². The maximum Gasteiger partial charge on any atom is 0.148 e. The molecule has 28 heavy (non-hydrogen) atoms. The number of halogens is 2. The highest BCUT2D eigenvalue weighted by molar-refractivity contribution is 6.35. The first-order chi connectivity index (χ1) is 13.6. The fourth-order valence-corrected chi connectivity index (χ4v) is 3.81. The van der Waals surface area contributed by atoms with Gasteiger partial charge in [0.15, 0.2) is 0 Å². The number of fused-ring (bicyclic) bond motifs is 1. The number of anilines is 1. The lowest BCUT2D eigenvalue weighted by atomic mass is 10.2. The number of aromatic nitrogens is 2. The molecule has 1 aromatic heterocycles. The number of aryl methyl sites for hydroxylation is 1. The van der Waals surface area contributed by atoms with Gasteiger partial charge < -0.3 is 19.3 Å². The second-order valence-corrected chi connectivity index (χ2v) is 7.28. The van der Waals surface area contributed by atoms with Crippen molar-refractivity contribution < 1.29 is 9.84 Å². The lowest BCUT2D eigenvalue weighted by molar-refractivity contribution is 0.270. The first kappa shape index (κ1) is 20.8. The number of aliphatic hydroxyl groups is 1. The summed E-state index contributed by atoms with van der Waals surface area (Å²) in [5, 5.41) is 10.4. The van der Waals surface area contributed by atoms with E-state index in [9.17, 15) is 5.11 Å². The summed E-state index contributed by atoms with van der Waals surface area (Å²) in [7, 11) is 0. The predicted octanol–water partition coefficient (Wildman–Crippen LogP) is 5.15. The summed E-state index contributed by atoms with van der Waals surface area (Å²) in [6, 6.07) is 11.3. The van der Waals surface area contributed by atoms with Crippen molar-refractivity contribution in [3.05, 3.63) is 52.3 Å². The van der Waals surface area contributed by atoms with E-state index in [-0.39, 0.29) is 13.2 Å². The van der Waals surface area contributed by atoms with Gasteiger partial charge >= 0.3 is 0 Å². The molecule has 7 heteroatoms. The van der Waals surface area contributed by atoms with E-state index in [4.69, 9.17) is 32.9 Å². The second kappa shape index (κ2) is 9.50. The van der Waals surface area contributed by atoms with Gasteiger partial charge in [-0.25, -0.2) is 4.98 Å². The standard InChI is InChI=1S/C21H25Cl2N3O2/c1-3-25(4-2)18-8-5-7-17-21(18)26(11-6-12-27)20(24-17)14-28-19-10-9-15(22)13-16(19)23/h5,7-10,13,27H,3-4,6,11-12,14H2,1-2H3. The van der Waals surface area contributed by atoms with E-state index in [1.54, 1.807) is 18.2 Å². The molecule has 0 saturated heterocycles. The van der Waals surface area contributed by atoms with Crippen molar-refractivity contribution in [3.63, 3.8) is 0 Å². The topological polar surface area (TPSA) is 50.5 Å². The van der Waals surface area contributed by atoms with Gasteiger partial charge in [-0.05, 0) is 50.6 Å². The Hall–Kier alpha value is -1.95. The van der Waals surface area contributed by atoms with Gasteiger partial charge in [0.2, 0.25) is 0 Å². The highest BCUT2D eigenvalue weighted by Gasteiger charge is 2.17. The van der Waals surface area contributed by atoms with Crippen LogP contribution in [-0.2, 0) is 13.2 Å². The average molecular weight is 422 g/mol. The van der Waals surface area contributed by atoms with Crippen molar-refractivity contribution in [1.82, 2.24) is 9.55 Å². The SMILES string of the molecule is CCN(CC)c1cccc2nc(COc3ccc(Cl)cc3Cl)n(CCCO)c12. The molecule has 150 valence electrons. The number of rotatable bonds is 9. The van der Waals surface area contributed by atoms with Crippen LogP contribution in [0.1, 0.15) is 26.1 Å². The Kier molecular flexibility index (Phi) is 7.05. The highest BCUT2D eigenvalue weighted by Crippen LogP contribution is 2.31. The molecule has 0 aliphatic heterocycles. The molecule has 0 aliphatic rings. The number of hydrogen-bond acceptors (Lipinski definition) is 4. The molecule has 0 bridgehead atoms. The third kappa shape index (κ3) is 4.37. The van der Waals surface area contributed by atoms with E-state index >= 15 is 0 Å². The molecule has 1 N–H and O–H groups in total. The summed E-state index contributed by atoms with van der Waals surface area (Å²) in [6.45, 7) is 7.17. The van der Waals surface area contributed by atoms with E-state index in [1.807, 2.05) is 12.1 Å².